The van der Waals surface area contributed by atoms with Gasteiger partial charge in [0.25, 0.3) is 5.69 Å². The summed E-state index contributed by atoms with van der Waals surface area (Å²) in [5, 5.41) is 14.4. The smallest absolute Gasteiger partial charge is 0.271 e. The Labute approximate surface area is 228 Å². The van der Waals surface area contributed by atoms with Crippen LogP contribution in [-0.2, 0) is 26.2 Å². The Kier molecular flexibility index (Phi) is 9.73. The second-order valence-electron chi connectivity index (χ2n) is 9.42. The van der Waals surface area contributed by atoms with Crippen molar-refractivity contribution in [2.24, 2.45) is 0 Å². The van der Waals surface area contributed by atoms with Crippen molar-refractivity contribution < 1.29 is 32.4 Å². The fourth-order valence-electron chi connectivity index (χ4n) is 4.52. The molecule has 1 fully saturated rings. The number of ether oxygens (including phenoxy) is 2. The number of benzene rings is 2. The summed E-state index contributed by atoms with van der Waals surface area (Å²) in [5.74, 6) is -0.435. The topological polar surface area (TPSA) is 148 Å². The standard InChI is InChI=1S/C26H34N4O8S/c1-18(26(32)27-20-9-5-6-10-20)28(16-19-8-7-11-22(14-19)37-2)25(31)17-29(39(4,35)36)23-15-21(30(33)34)12-13-24(23)38-3/h7-8,11-15,18,20H,5-6,9-10,16-17H2,1-4H3,(H,27,32)/t18-/m0/s1. The van der Waals surface area contributed by atoms with Crippen molar-refractivity contribution in [1.29, 1.82) is 0 Å². The molecule has 1 saturated carbocycles. The van der Waals surface area contributed by atoms with Crippen LogP contribution in [0.3, 0.4) is 0 Å². The molecule has 0 saturated heterocycles. The molecule has 3 rings (SSSR count). The van der Waals surface area contributed by atoms with Crippen LogP contribution in [0.25, 0.3) is 0 Å². The van der Waals surface area contributed by atoms with Gasteiger partial charge in [-0.1, -0.05) is 25.0 Å². The summed E-state index contributed by atoms with van der Waals surface area (Å²) >= 11 is 0. The van der Waals surface area contributed by atoms with Crippen LogP contribution in [0.5, 0.6) is 11.5 Å². The Morgan fingerprint density at radius 2 is 1.82 bits per heavy atom. The van der Waals surface area contributed by atoms with Crippen molar-refractivity contribution in [3.05, 3.63) is 58.1 Å². The molecule has 0 unspecified atom stereocenters. The van der Waals surface area contributed by atoms with Crippen LogP contribution in [0, 0.1) is 10.1 Å². The number of sulfonamides is 1. The second-order valence-corrected chi connectivity index (χ2v) is 11.3. The second kappa shape index (κ2) is 12.8. The third-order valence-corrected chi connectivity index (χ3v) is 7.80. The van der Waals surface area contributed by atoms with Crippen LogP contribution in [0.15, 0.2) is 42.5 Å². The lowest BCUT2D eigenvalue weighted by Gasteiger charge is -2.32. The van der Waals surface area contributed by atoms with Crippen LogP contribution < -0.4 is 19.1 Å². The number of amides is 2. The number of non-ortho nitro benzene ring substituents is 1. The van der Waals surface area contributed by atoms with E-state index in [1.165, 1.54) is 31.3 Å². The van der Waals surface area contributed by atoms with Crippen LogP contribution >= 0.6 is 0 Å². The molecule has 39 heavy (non-hydrogen) atoms. The maximum absolute atomic E-state index is 13.8. The van der Waals surface area contributed by atoms with Gasteiger partial charge in [0, 0.05) is 24.7 Å². The molecule has 0 aromatic heterocycles. The van der Waals surface area contributed by atoms with Crippen LogP contribution in [0.2, 0.25) is 0 Å². The van der Waals surface area contributed by atoms with Gasteiger partial charge in [0.1, 0.15) is 29.8 Å². The predicted molar refractivity (Wildman–Crippen MR) is 145 cm³/mol. The zero-order valence-electron chi connectivity index (χ0n) is 22.5. The predicted octanol–water partition coefficient (Wildman–Crippen LogP) is 2.85. The van der Waals surface area contributed by atoms with Gasteiger partial charge in [-0.25, -0.2) is 8.42 Å². The lowest BCUT2D eigenvalue weighted by Crippen LogP contribution is -2.52. The first kappa shape index (κ1) is 29.7. The number of rotatable bonds is 12. The van der Waals surface area contributed by atoms with E-state index in [1.54, 1.807) is 31.2 Å². The van der Waals surface area contributed by atoms with E-state index in [0.717, 1.165) is 42.3 Å². The van der Waals surface area contributed by atoms with Crippen molar-refractivity contribution >= 4 is 33.2 Å². The average molecular weight is 563 g/mol. The maximum atomic E-state index is 13.8. The zero-order chi connectivity index (χ0) is 28.7. The Balaban J connectivity index is 1.98. The fraction of sp³-hybridized carbons (Fsp3) is 0.462. The van der Waals surface area contributed by atoms with E-state index in [1.807, 2.05) is 0 Å². The summed E-state index contributed by atoms with van der Waals surface area (Å²) in [6, 6.07) is 9.55. The summed E-state index contributed by atoms with van der Waals surface area (Å²) in [7, 11) is -1.31. The van der Waals surface area contributed by atoms with Gasteiger partial charge >= 0.3 is 0 Å². The first-order chi connectivity index (χ1) is 18.4. The molecule has 1 aliphatic rings. The van der Waals surface area contributed by atoms with Gasteiger partial charge in [0.05, 0.1) is 25.4 Å². The number of methoxy groups -OCH3 is 2. The minimum atomic E-state index is -4.11. The average Bonchev–Trinajstić information content (AvgIpc) is 3.41. The lowest BCUT2D eigenvalue weighted by molar-refractivity contribution is -0.384. The van der Waals surface area contributed by atoms with Gasteiger partial charge in [-0.05, 0) is 43.5 Å². The molecular formula is C26H34N4O8S. The monoisotopic (exact) mass is 562 g/mol. The molecule has 0 bridgehead atoms. The molecule has 2 aromatic rings. The van der Waals surface area contributed by atoms with Gasteiger partial charge in [-0.15, -0.1) is 0 Å². The van der Waals surface area contributed by atoms with Gasteiger partial charge in [-0.3, -0.25) is 24.0 Å². The van der Waals surface area contributed by atoms with Crippen LogP contribution in [-0.4, -0.2) is 69.2 Å². The fourth-order valence-corrected chi connectivity index (χ4v) is 5.37. The largest absolute Gasteiger partial charge is 0.497 e. The SMILES string of the molecule is COc1cccc(CN(C(=O)CN(c2cc([N+](=O)[O-])ccc2OC)S(C)(=O)=O)[C@@H](C)C(=O)NC2CCCC2)c1. The molecular weight excluding hydrogens is 528 g/mol. The molecule has 1 N–H and O–H groups in total. The van der Waals surface area contributed by atoms with Gasteiger partial charge < -0.3 is 19.7 Å². The van der Waals surface area contributed by atoms with Gasteiger partial charge in [0.15, 0.2) is 0 Å². The molecule has 12 nitrogen and oxygen atoms in total. The number of hydrogen-bond donors (Lipinski definition) is 1. The number of nitro groups is 1. The minimum Gasteiger partial charge on any atom is -0.497 e. The highest BCUT2D eigenvalue weighted by molar-refractivity contribution is 7.92. The van der Waals surface area contributed by atoms with E-state index in [2.05, 4.69) is 5.32 Å². The Morgan fingerprint density at radius 3 is 2.41 bits per heavy atom. The minimum absolute atomic E-state index is 0.00103. The molecule has 0 radical (unpaired) electrons. The van der Waals surface area contributed by atoms with Crippen molar-refractivity contribution in [2.45, 2.75) is 51.2 Å². The van der Waals surface area contributed by atoms with Crippen molar-refractivity contribution in [3.63, 3.8) is 0 Å². The summed E-state index contributed by atoms with van der Waals surface area (Å²) in [4.78, 5) is 38.9. The highest BCUT2D eigenvalue weighted by atomic mass is 32.2. The van der Waals surface area contributed by atoms with Crippen LogP contribution in [0.4, 0.5) is 11.4 Å². The number of nitrogens with one attached hydrogen (secondary N) is 1. The third-order valence-electron chi connectivity index (χ3n) is 6.68. The molecule has 1 atom stereocenters. The van der Waals surface area contributed by atoms with E-state index in [4.69, 9.17) is 9.47 Å². The zero-order valence-corrected chi connectivity index (χ0v) is 23.3. The highest BCUT2D eigenvalue weighted by Crippen LogP contribution is 2.34. The van der Waals surface area contributed by atoms with Gasteiger partial charge in [0.2, 0.25) is 21.8 Å². The summed E-state index contributed by atoms with van der Waals surface area (Å²) < 4.78 is 37.0. The Bertz CT molecular complexity index is 1310. The first-order valence-electron chi connectivity index (χ1n) is 12.5. The number of carbonyl (C=O) groups excluding carboxylic acids is 2. The van der Waals surface area contributed by atoms with Gasteiger partial charge in [-0.2, -0.15) is 0 Å². The normalized spacial score (nSPS) is 14.4. The molecule has 0 heterocycles. The molecule has 13 heteroatoms. The highest BCUT2D eigenvalue weighted by Gasteiger charge is 2.33. The number of hydrogen-bond acceptors (Lipinski definition) is 8. The number of anilines is 1. The quantitative estimate of drug-likeness (QED) is 0.307. The molecule has 2 aromatic carbocycles. The van der Waals surface area contributed by atoms with E-state index in [-0.39, 0.29) is 35.6 Å². The maximum Gasteiger partial charge on any atom is 0.271 e. The number of nitro benzene ring substituents is 1. The van der Waals surface area contributed by atoms with Crippen molar-refractivity contribution in [3.8, 4) is 11.5 Å². The Morgan fingerprint density at radius 1 is 1.13 bits per heavy atom. The number of carbonyl (C=O) groups is 2. The summed E-state index contributed by atoms with van der Waals surface area (Å²) in [5.41, 5.74) is 0.137. The van der Waals surface area contributed by atoms with E-state index < -0.39 is 33.4 Å². The van der Waals surface area contributed by atoms with E-state index >= 15 is 0 Å². The summed E-state index contributed by atoms with van der Waals surface area (Å²) in [6.07, 6.45) is 4.63. The number of nitrogens with zero attached hydrogens (tertiary/aromatic N) is 3. The molecule has 1 aliphatic carbocycles. The molecule has 0 aliphatic heterocycles. The van der Waals surface area contributed by atoms with Crippen LogP contribution in [0.1, 0.15) is 38.2 Å². The first-order valence-corrected chi connectivity index (χ1v) is 14.3. The molecule has 212 valence electrons. The third kappa shape index (κ3) is 7.59. The summed E-state index contributed by atoms with van der Waals surface area (Å²) in [6.45, 7) is 0.876. The molecule has 0 spiro atoms. The lowest BCUT2D eigenvalue weighted by atomic mass is 10.1. The van der Waals surface area contributed by atoms with Crippen molar-refractivity contribution in [2.75, 3.05) is 31.3 Å². The molecule has 2 amide bonds. The van der Waals surface area contributed by atoms with Crippen molar-refractivity contribution in [1.82, 2.24) is 10.2 Å². The van der Waals surface area contributed by atoms with E-state index in [0.29, 0.717) is 11.3 Å². The Hall–Kier alpha value is -3.87. The van der Waals surface area contributed by atoms with E-state index in [9.17, 15) is 28.1 Å².